The van der Waals surface area contributed by atoms with Gasteiger partial charge in [-0.25, -0.2) is 14.7 Å². The maximum atomic E-state index is 13.9. The number of phenols is 1. The minimum atomic E-state index is -3.70. The van der Waals surface area contributed by atoms with Crippen LogP contribution in [0.25, 0.3) is 0 Å². The fraction of sp³-hybridized carbons (Fsp3) is 0.545. The molecule has 4 amide bonds. The number of fused-ring (bicyclic) bond motifs is 1. The molecule has 4 N–H and O–H groups in total. The summed E-state index contributed by atoms with van der Waals surface area (Å²) in [5, 5.41) is 18.3. The predicted molar refractivity (Wildman–Crippen MR) is 186 cm³/mol. The van der Waals surface area contributed by atoms with E-state index >= 15 is 0 Å². The van der Waals surface area contributed by atoms with Crippen LogP contribution in [0.2, 0.25) is 0 Å². The van der Waals surface area contributed by atoms with Gasteiger partial charge in [-0.2, -0.15) is 12.7 Å². The number of hydrogen-bond acceptors (Lipinski definition) is 8. The average molecular weight is 763 g/mol. The predicted octanol–water partition coefficient (Wildman–Crippen LogP) is 2.57. The number of amides is 4. The number of anilines is 1. The summed E-state index contributed by atoms with van der Waals surface area (Å²) >= 11 is 3.34. The highest BCUT2D eigenvalue weighted by Crippen LogP contribution is 2.28. The smallest absolute Gasteiger partial charge is 0.410 e. The van der Waals surface area contributed by atoms with Crippen LogP contribution >= 0.6 is 15.9 Å². The van der Waals surface area contributed by atoms with Gasteiger partial charge >= 0.3 is 12.1 Å². The Balaban J connectivity index is 1.06. The van der Waals surface area contributed by atoms with Crippen molar-refractivity contribution < 1.29 is 32.6 Å². The molecule has 0 radical (unpaired) electrons. The van der Waals surface area contributed by atoms with Gasteiger partial charge in [0.1, 0.15) is 5.75 Å². The Bertz CT molecular complexity index is 1640. The van der Waals surface area contributed by atoms with E-state index < -0.39 is 22.4 Å². The molecule has 1 atom stereocenters. The lowest BCUT2D eigenvalue weighted by Gasteiger charge is -2.42. The molecule has 266 valence electrons. The number of piperidine rings is 2. The summed E-state index contributed by atoms with van der Waals surface area (Å²) in [6.07, 6.45) is 1.80. The van der Waals surface area contributed by atoms with Gasteiger partial charge in [0, 0.05) is 83.1 Å². The number of halogens is 1. The number of phenolic OH excluding ortho intramolecular Hbond substituents is 1. The van der Waals surface area contributed by atoms with E-state index in [0.29, 0.717) is 89.1 Å². The number of carbonyl (C=O) groups excluding carboxylic acids is 3. The van der Waals surface area contributed by atoms with Crippen LogP contribution in [0.3, 0.4) is 0 Å². The maximum absolute atomic E-state index is 13.9. The van der Waals surface area contributed by atoms with Crippen LogP contribution < -0.4 is 10.5 Å². The van der Waals surface area contributed by atoms with Crippen molar-refractivity contribution >= 4 is 49.9 Å². The first-order valence-electron chi connectivity index (χ1n) is 16.9. The lowest BCUT2D eigenvalue weighted by atomic mass is 10.0. The molecule has 0 bridgehead atoms. The lowest BCUT2D eigenvalue weighted by Crippen LogP contribution is -2.57. The largest absolute Gasteiger partial charge is 0.507 e. The molecule has 0 saturated carbocycles. The number of hydrogen-bond donors (Lipinski definition) is 3. The molecular weight excluding hydrogens is 718 g/mol. The number of benzene rings is 2. The van der Waals surface area contributed by atoms with Crippen molar-refractivity contribution in [3.63, 3.8) is 0 Å². The molecule has 6 rings (SSSR count). The summed E-state index contributed by atoms with van der Waals surface area (Å²) in [7, 11) is -3.70. The van der Waals surface area contributed by atoms with Crippen LogP contribution in [0.5, 0.6) is 5.75 Å². The van der Waals surface area contributed by atoms with E-state index in [1.165, 1.54) is 10.4 Å². The van der Waals surface area contributed by atoms with Crippen LogP contribution in [0.1, 0.15) is 36.8 Å². The number of carbonyl (C=O) groups is 3. The number of ether oxygens (including phenoxy) is 1. The fourth-order valence-corrected chi connectivity index (χ4v) is 8.48. The zero-order chi connectivity index (χ0) is 34.7. The molecule has 4 aliphatic rings. The Morgan fingerprint density at radius 3 is 2.27 bits per heavy atom. The van der Waals surface area contributed by atoms with Crippen molar-refractivity contribution in [2.75, 3.05) is 64.2 Å². The number of nitrogens with one attached hydrogen (secondary N) is 1. The van der Waals surface area contributed by atoms with Crippen LogP contribution in [0, 0.1) is 0 Å². The van der Waals surface area contributed by atoms with Crippen LogP contribution in [0.4, 0.5) is 15.3 Å². The van der Waals surface area contributed by atoms with Crippen LogP contribution in [-0.2, 0) is 32.6 Å². The van der Waals surface area contributed by atoms with Gasteiger partial charge in [0.2, 0.25) is 0 Å². The molecule has 3 saturated heterocycles. The number of para-hydroxylation sites is 1. The highest BCUT2D eigenvalue weighted by atomic mass is 79.9. The van der Waals surface area contributed by atoms with Crippen molar-refractivity contribution in [3.8, 4) is 5.75 Å². The number of nitrogens with two attached hydrogens (primary N) is 1. The van der Waals surface area contributed by atoms with Crippen molar-refractivity contribution in [1.82, 2.24) is 23.9 Å². The zero-order valence-corrected chi connectivity index (χ0v) is 29.8. The van der Waals surface area contributed by atoms with E-state index in [9.17, 15) is 27.9 Å². The van der Waals surface area contributed by atoms with E-state index in [0.717, 1.165) is 23.2 Å². The first-order valence-corrected chi connectivity index (χ1v) is 19.1. The lowest BCUT2D eigenvalue weighted by molar-refractivity contribution is -0.143. The molecule has 0 spiro atoms. The number of likely N-dealkylation sites (tertiary alicyclic amines) is 1. The van der Waals surface area contributed by atoms with Crippen LogP contribution in [0.15, 0.2) is 46.9 Å². The van der Waals surface area contributed by atoms with Gasteiger partial charge in [-0.05, 0) is 77.4 Å². The second kappa shape index (κ2) is 15.2. The minimum Gasteiger partial charge on any atom is -0.507 e. The Labute approximate surface area is 295 Å². The quantitative estimate of drug-likeness (QED) is 0.387. The molecule has 2 aromatic carbocycles. The van der Waals surface area contributed by atoms with Crippen molar-refractivity contribution in [2.24, 2.45) is 5.14 Å². The van der Waals surface area contributed by atoms with Crippen molar-refractivity contribution in [1.29, 1.82) is 0 Å². The second-order valence-corrected chi connectivity index (χ2v) is 15.5. The summed E-state index contributed by atoms with van der Waals surface area (Å²) in [6, 6.07) is 12.8. The SMILES string of the molecule is NS(=O)(=O)N1CCC(N2CCN(C(=O)[C@@H](Cc3ccc(O)c(Br)c3)OC(=O)N3CCC(N4CCc5ccccc5NC4=O)CC3)CC2)CC1. The third-order valence-corrected chi connectivity index (χ3v) is 11.9. The second-order valence-electron chi connectivity index (χ2n) is 13.1. The van der Waals surface area contributed by atoms with Gasteiger partial charge in [0.25, 0.3) is 16.1 Å². The normalized spacial score (nSPS) is 21.1. The van der Waals surface area contributed by atoms with Gasteiger partial charge < -0.3 is 29.9 Å². The average Bonchev–Trinajstić information content (AvgIpc) is 3.27. The van der Waals surface area contributed by atoms with E-state index in [4.69, 9.17) is 9.88 Å². The summed E-state index contributed by atoms with van der Waals surface area (Å²) in [5.74, 6) is -0.212. The van der Waals surface area contributed by atoms with E-state index in [1.807, 2.05) is 29.2 Å². The Morgan fingerprint density at radius 2 is 1.59 bits per heavy atom. The van der Waals surface area contributed by atoms with Crippen molar-refractivity contribution in [2.45, 2.75) is 56.7 Å². The van der Waals surface area contributed by atoms with Gasteiger partial charge in [-0.15, -0.1) is 0 Å². The molecule has 4 aliphatic heterocycles. The number of nitrogens with zero attached hydrogens (tertiary/aromatic N) is 5. The minimum absolute atomic E-state index is 0.0200. The molecule has 4 heterocycles. The third-order valence-electron chi connectivity index (χ3n) is 10.2. The number of piperazine rings is 1. The molecule has 3 fully saturated rings. The third kappa shape index (κ3) is 8.48. The molecular formula is C33H44BrN7O7S. The standard InChI is InChI=1S/C33H44BrN7O7S/c34-27-21-23(5-6-29(27)42)22-30(31(43)38-19-17-37(18-20-38)25-10-14-40(15-11-25)49(35,46)47)48-33(45)39-12-8-26(9-13-39)41-16-7-24-3-1-2-4-28(24)36-32(41)44/h1-6,21,25-26,30,42H,7-20,22H2,(H,36,44)(H2,35,46,47)/t30-/m1/s1. The van der Waals surface area contributed by atoms with Gasteiger partial charge in [-0.1, -0.05) is 24.3 Å². The van der Waals surface area contributed by atoms with Gasteiger partial charge in [0.05, 0.1) is 4.47 Å². The molecule has 49 heavy (non-hydrogen) atoms. The van der Waals surface area contributed by atoms with E-state index in [1.54, 1.807) is 21.9 Å². The zero-order valence-electron chi connectivity index (χ0n) is 27.4. The monoisotopic (exact) mass is 761 g/mol. The maximum Gasteiger partial charge on any atom is 0.410 e. The molecule has 0 unspecified atom stereocenters. The first-order chi connectivity index (χ1) is 23.5. The highest BCUT2D eigenvalue weighted by Gasteiger charge is 2.37. The van der Waals surface area contributed by atoms with Crippen molar-refractivity contribution in [3.05, 3.63) is 58.1 Å². The van der Waals surface area contributed by atoms with E-state index in [-0.39, 0.29) is 36.2 Å². The Hall–Kier alpha value is -3.44. The summed E-state index contributed by atoms with van der Waals surface area (Å²) < 4.78 is 31.2. The number of urea groups is 1. The van der Waals surface area contributed by atoms with Gasteiger partial charge in [-0.3, -0.25) is 9.69 Å². The first kappa shape index (κ1) is 35.4. The molecule has 0 aromatic heterocycles. The fourth-order valence-electron chi connectivity index (χ4n) is 7.34. The summed E-state index contributed by atoms with van der Waals surface area (Å²) in [6.45, 7) is 4.30. The molecule has 0 aliphatic carbocycles. The molecule has 16 heteroatoms. The van der Waals surface area contributed by atoms with E-state index in [2.05, 4.69) is 26.1 Å². The van der Waals surface area contributed by atoms with Gasteiger partial charge in [0.15, 0.2) is 6.10 Å². The Morgan fingerprint density at radius 1 is 0.918 bits per heavy atom. The molecule has 2 aromatic rings. The number of rotatable bonds is 7. The number of aromatic hydroxyl groups is 1. The molecule has 14 nitrogen and oxygen atoms in total. The highest BCUT2D eigenvalue weighted by molar-refractivity contribution is 9.10. The summed E-state index contributed by atoms with van der Waals surface area (Å²) in [5.41, 5.74) is 2.66. The summed E-state index contributed by atoms with van der Waals surface area (Å²) in [4.78, 5) is 48.0. The van der Waals surface area contributed by atoms with Crippen LogP contribution in [-0.4, -0.2) is 133 Å². The Kier molecular flexibility index (Phi) is 11.0. The topological polar surface area (TPSA) is 169 Å².